The van der Waals surface area contributed by atoms with Gasteiger partial charge in [-0.2, -0.15) is 0 Å². The maximum absolute atomic E-state index is 13.1. The molecule has 0 aliphatic rings. The van der Waals surface area contributed by atoms with Crippen LogP contribution < -0.4 is 29.1 Å². The van der Waals surface area contributed by atoms with Crippen LogP contribution in [-0.2, 0) is 0 Å². The number of fused-ring (bicyclic) bond motifs is 2. The van der Waals surface area contributed by atoms with E-state index in [0.717, 1.165) is 0 Å². The van der Waals surface area contributed by atoms with Crippen molar-refractivity contribution < 1.29 is 33.2 Å². The first-order chi connectivity index (χ1) is 12.5. The van der Waals surface area contributed by atoms with E-state index in [2.05, 4.69) is 0 Å². The molecule has 8 heteroatoms. The summed E-state index contributed by atoms with van der Waals surface area (Å²) in [7, 11) is 7.03. The number of phenolic OH excluding ortho intramolecular Hbond substituents is 1. The van der Waals surface area contributed by atoms with Gasteiger partial charge in [-0.15, -0.1) is 0 Å². The molecule has 0 amide bonds. The quantitative estimate of drug-likeness (QED) is 0.692. The summed E-state index contributed by atoms with van der Waals surface area (Å²) in [5.74, 6) is 0.489. The van der Waals surface area contributed by atoms with Gasteiger partial charge in [-0.25, -0.2) is 0 Å². The number of aromatic hydroxyl groups is 1. The molecule has 0 fully saturated rings. The van der Waals surface area contributed by atoms with Gasteiger partial charge in [0.15, 0.2) is 11.3 Å². The van der Waals surface area contributed by atoms with Crippen molar-refractivity contribution in [3.05, 3.63) is 22.4 Å². The number of ether oxygens (including phenoxy) is 5. The smallest absolute Gasteiger partial charge is 0.211 e. The van der Waals surface area contributed by atoms with Crippen molar-refractivity contribution in [2.24, 2.45) is 0 Å². The molecular formula is C18H18O8. The monoisotopic (exact) mass is 362 g/mol. The van der Waals surface area contributed by atoms with Crippen molar-refractivity contribution in [3.63, 3.8) is 0 Å². The highest BCUT2D eigenvalue weighted by Gasteiger charge is 2.27. The zero-order chi connectivity index (χ0) is 19.0. The molecular weight excluding hydrogens is 344 g/mol. The Bertz CT molecular complexity index is 1050. The first-order valence-electron chi connectivity index (χ1n) is 7.55. The zero-order valence-corrected chi connectivity index (χ0v) is 15.0. The second-order valence-corrected chi connectivity index (χ2v) is 5.29. The topological polar surface area (TPSA) is 96.6 Å². The molecule has 3 aromatic rings. The van der Waals surface area contributed by atoms with E-state index in [0.29, 0.717) is 5.75 Å². The Morgan fingerprint density at radius 1 is 0.808 bits per heavy atom. The summed E-state index contributed by atoms with van der Waals surface area (Å²) in [5, 5.41) is 10.7. The van der Waals surface area contributed by atoms with Crippen LogP contribution >= 0.6 is 0 Å². The highest BCUT2D eigenvalue weighted by molar-refractivity contribution is 6.01. The van der Waals surface area contributed by atoms with E-state index in [1.165, 1.54) is 35.5 Å². The van der Waals surface area contributed by atoms with E-state index in [4.69, 9.17) is 28.1 Å². The number of benzene rings is 2. The van der Waals surface area contributed by atoms with Crippen LogP contribution in [0, 0.1) is 0 Å². The lowest BCUT2D eigenvalue weighted by Crippen LogP contribution is -2.07. The summed E-state index contributed by atoms with van der Waals surface area (Å²) in [5.41, 5.74) is -0.267. The number of phenols is 1. The van der Waals surface area contributed by atoms with E-state index in [1.807, 2.05) is 0 Å². The Kier molecular flexibility index (Phi) is 4.41. The predicted octanol–water partition coefficient (Wildman–Crippen LogP) is 2.69. The van der Waals surface area contributed by atoms with Crippen molar-refractivity contribution in [1.82, 2.24) is 0 Å². The van der Waals surface area contributed by atoms with Gasteiger partial charge >= 0.3 is 0 Å². The van der Waals surface area contributed by atoms with Gasteiger partial charge in [0.05, 0.1) is 35.5 Å². The van der Waals surface area contributed by atoms with Gasteiger partial charge in [0, 0.05) is 12.1 Å². The Hall–Kier alpha value is -3.29. The third-order valence-electron chi connectivity index (χ3n) is 4.07. The molecule has 0 unspecified atom stereocenters. The third kappa shape index (κ3) is 2.33. The molecule has 0 bridgehead atoms. The highest BCUT2D eigenvalue weighted by atomic mass is 16.5. The molecule has 1 N–H and O–H groups in total. The molecule has 2 aromatic carbocycles. The molecule has 0 aliphatic heterocycles. The standard InChI is InChI=1S/C18H18O8/c1-21-8-6-9(22-2)11-10(7-8)26-15-12(13(11)19)14(20)16(23-3)18(25-5)17(15)24-4/h6-7,20H,1-5H3. The first kappa shape index (κ1) is 17.5. The molecule has 0 radical (unpaired) electrons. The molecule has 0 saturated carbocycles. The molecule has 1 heterocycles. The van der Waals surface area contributed by atoms with Gasteiger partial charge in [0.25, 0.3) is 0 Å². The largest absolute Gasteiger partial charge is 0.504 e. The lowest BCUT2D eigenvalue weighted by atomic mass is 10.1. The molecule has 0 aliphatic carbocycles. The van der Waals surface area contributed by atoms with E-state index in [9.17, 15) is 9.90 Å². The summed E-state index contributed by atoms with van der Waals surface area (Å²) in [6, 6.07) is 3.10. The molecule has 8 nitrogen and oxygen atoms in total. The van der Waals surface area contributed by atoms with E-state index >= 15 is 0 Å². The maximum atomic E-state index is 13.1. The SMILES string of the molecule is COc1cc(OC)c2c(=O)c3c(O)c(OC)c(OC)c(OC)c3oc2c1. The fraction of sp³-hybridized carbons (Fsp3) is 0.278. The van der Waals surface area contributed by atoms with Crippen LogP contribution in [0.2, 0.25) is 0 Å². The van der Waals surface area contributed by atoms with Gasteiger partial charge in [-0.05, 0) is 0 Å². The molecule has 138 valence electrons. The van der Waals surface area contributed by atoms with Gasteiger partial charge in [0.2, 0.25) is 22.7 Å². The zero-order valence-electron chi connectivity index (χ0n) is 15.0. The number of rotatable bonds is 5. The van der Waals surface area contributed by atoms with Crippen LogP contribution in [0.4, 0.5) is 0 Å². The lowest BCUT2D eigenvalue weighted by molar-refractivity contribution is 0.311. The Morgan fingerprint density at radius 3 is 2.00 bits per heavy atom. The van der Waals surface area contributed by atoms with Gasteiger partial charge < -0.3 is 33.2 Å². The van der Waals surface area contributed by atoms with Crippen LogP contribution in [0.3, 0.4) is 0 Å². The van der Waals surface area contributed by atoms with E-state index in [-0.39, 0.29) is 44.9 Å². The van der Waals surface area contributed by atoms with Crippen molar-refractivity contribution in [3.8, 4) is 34.5 Å². The lowest BCUT2D eigenvalue weighted by Gasteiger charge is -2.16. The van der Waals surface area contributed by atoms with Gasteiger partial charge in [0.1, 0.15) is 27.9 Å². The summed E-state index contributed by atoms with van der Waals surface area (Å²) >= 11 is 0. The van der Waals surface area contributed by atoms with Crippen LogP contribution in [-0.4, -0.2) is 40.7 Å². The molecule has 26 heavy (non-hydrogen) atoms. The second-order valence-electron chi connectivity index (χ2n) is 5.29. The van der Waals surface area contributed by atoms with Crippen molar-refractivity contribution >= 4 is 21.9 Å². The van der Waals surface area contributed by atoms with Crippen LogP contribution in [0.1, 0.15) is 0 Å². The summed E-state index contributed by atoms with van der Waals surface area (Å²) in [4.78, 5) is 13.1. The number of hydrogen-bond acceptors (Lipinski definition) is 8. The van der Waals surface area contributed by atoms with Gasteiger partial charge in [-0.3, -0.25) is 4.79 Å². The highest BCUT2D eigenvalue weighted by Crippen LogP contribution is 2.50. The summed E-state index contributed by atoms with van der Waals surface area (Å²) < 4.78 is 32.2. The minimum atomic E-state index is -0.502. The third-order valence-corrected chi connectivity index (χ3v) is 4.07. The summed E-state index contributed by atoms with van der Waals surface area (Å²) in [6.07, 6.45) is 0. The Balaban J connectivity index is 2.62. The minimum absolute atomic E-state index is 0.0236. The average Bonchev–Trinajstić information content (AvgIpc) is 2.66. The van der Waals surface area contributed by atoms with Crippen LogP contribution in [0.25, 0.3) is 21.9 Å². The summed E-state index contributed by atoms with van der Waals surface area (Å²) in [6.45, 7) is 0. The Labute approximate surface area is 148 Å². The fourth-order valence-corrected chi connectivity index (χ4v) is 2.90. The van der Waals surface area contributed by atoms with Crippen LogP contribution in [0.15, 0.2) is 21.3 Å². The Morgan fingerprint density at radius 2 is 1.46 bits per heavy atom. The van der Waals surface area contributed by atoms with Crippen molar-refractivity contribution in [2.75, 3.05) is 35.5 Å². The molecule has 0 spiro atoms. The predicted molar refractivity (Wildman–Crippen MR) is 94.4 cm³/mol. The maximum Gasteiger partial charge on any atom is 0.211 e. The van der Waals surface area contributed by atoms with E-state index in [1.54, 1.807) is 12.1 Å². The molecule has 1 aromatic heterocycles. The van der Waals surface area contributed by atoms with Gasteiger partial charge in [-0.1, -0.05) is 0 Å². The number of methoxy groups -OCH3 is 5. The van der Waals surface area contributed by atoms with Crippen molar-refractivity contribution in [1.29, 1.82) is 0 Å². The number of hydrogen-bond donors (Lipinski definition) is 1. The molecule has 0 saturated heterocycles. The van der Waals surface area contributed by atoms with E-state index < -0.39 is 11.2 Å². The average molecular weight is 362 g/mol. The van der Waals surface area contributed by atoms with Crippen molar-refractivity contribution in [2.45, 2.75) is 0 Å². The minimum Gasteiger partial charge on any atom is -0.504 e. The molecule has 0 atom stereocenters. The fourth-order valence-electron chi connectivity index (χ4n) is 2.90. The normalized spacial score (nSPS) is 10.8. The molecule has 3 rings (SSSR count). The first-order valence-corrected chi connectivity index (χ1v) is 7.55. The van der Waals surface area contributed by atoms with Crippen LogP contribution in [0.5, 0.6) is 34.5 Å². The second kappa shape index (κ2) is 6.55.